The molecule has 90 valence electrons. The van der Waals surface area contributed by atoms with Crippen LogP contribution in [0.2, 0.25) is 5.02 Å². The number of carbonyl (C=O) groups is 2. The summed E-state index contributed by atoms with van der Waals surface area (Å²) in [4.78, 5) is 22.7. The zero-order valence-electron chi connectivity index (χ0n) is 8.80. The average molecular weight is 257 g/mol. The molecule has 0 aromatic heterocycles. The predicted octanol–water partition coefficient (Wildman–Crippen LogP) is 1.55. The van der Waals surface area contributed by atoms with Crippen molar-refractivity contribution in [2.45, 2.75) is 6.42 Å². The number of amides is 2. The van der Waals surface area contributed by atoms with Gasteiger partial charge in [-0.25, -0.2) is 4.39 Å². The molecule has 1 heterocycles. The summed E-state index contributed by atoms with van der Waals surface area (Å²) in [7, 11) is 0. The Labute approximate surface area is 102 Å². The molecule has 1 aliphatic heterocycles. The van der Waals surface area contributed by atoms with E-state index in [0.29, 0.717) is 12.2 Å². The first-order valence-corrected chi connectivity index (χ1v) is 5.46. The van der Waals surface area contributed by atoms with Crippen molar-refractivity contribution in [1.82, 2.24) is 5.32 Å². The minimum atomic E-state index is -0.467. The van der Waals surface area contributed by atoms with Crippen molar-refractivity contribution in [1.29, 1.82) is 0 Å². The van der Waals surface area contributed by atoms with Crippen LogP contribution < -0.4 is 10.6 Å². The zero-order valence-corrected chi connectivity index (χ0v) is 9.55. The molecule has 1 unspecified atom stereocenters. The van der Waals surface area contributed by atoms with Crippen LogP contribution >= 0.6 is 11.6 Å². The molecule has 0 radical (unpaired) electrons. The van der Waals surface area contributed by atoms with Crippen molar-refractivity contribution >= 4 is 29.1 Å². The van der Waals surface area contributed by atoms with Crippen LogP contribution in [0.1, 0.15) is 6.42 Å². The first-order chi connectivity index (χ1) is 8.06. The second kappa shape index (κ2) is 4.71. The van der Waals surface area contributed by atoms with Gasteiger partial charge in [-0.3, -0.25) is 9.59 Å². The summed E-state index contributed by atoms with van der Waals surface area (Å²) in [5.41, 5.74) is 0.345. The highest BCUT2D eigenvalue weighted by atomic mass is 35.5. The highest BCUT2D eigenvalue weighted by Crippen LogP contribution is 2.23. The molecule has 0 aliphatic carbocycles. The molecule has 1 atom stereocenters. The lowest BCUT2D eigenvalue weighted by molar-refractivity contribution is -0.123. The number of halogens is 2. The van der Waals surface area contributed by atoms with Gasteiger partial charge in [0, 0.05) is 13.0 Å². The molecular formula is C11H10ClFN2O2. The van der Waals surface area contributed by atoms with Crippen LogP contribution in [0.15, 0.2) is 18.2 Å². The maximum Gasteiger partial charge on any atom is 0.229 e. The monoisotopic (exact) mass is 256 g/mol. The number of rotatable bonds is 2. The maximum absolute atomic E-state index is 12.8. The second-order valence-corrected chi connectivity index (χ2v) is 4.23. The number of nitrogens with one attached hydrogen (secondary N) is 2. The molecule has 2 N–H and O–H groups in total. The Kier molecular flexibility index (Phi) is 3.28. The number of hydrogen-bond donors (Lipinski definition) is 2. The molecule has 1 aromatic carbocycles. The first kappa shape index (κ1) is 11.9. The standard InChI is InChI=1S/C11H10ClFN2O2/c12-8-4-7(13)1-2-9(8)15-11(17)6-3-10(16)14-5-6/h1-2,4,6H,3,5H2,(H,14,16)(H,15,17). The average Bonchev–Trinajstić information content (AvgIpc) is 2.69. The number of benzene rings is 1. The van der Waals surface area contributed by atoms with E-state index in [4.69, 9.17) is 11.6 Å². The van der Waals surface area contributed by atoms with Gasteiger partial charge >= 0.3 is 0 Å². The Morgan fingerprint density at radius 1 is 1.53 bits per heavy atom. The van der Waals surface area contributed by atoms with Crippen molar-refractivity contribution in [2.24, 2.45) is 5.92 Å². The highest BCUT2D eigenvalue weighted by Gasteiger charge is 2.28. The number of anilines is 1. The molecule has 2 rings (SSSR count). The topological polar surface area (TPSA) is 58.2 Å². The second-order valence-electron chi connectivity index (χ2n) is 3.82. The van der Waals surface area contributed by atoms with Crippen LogP contribution in [-0.2, 0) is 9.59 Å². The Balaban J connectivity index is 2.05. The van der Waals surface area contributed by atoms with Crippen LogP contribution in [-0.4, -0.2) is 18.4 Å². The fraction of sp³-hybridized carbons (Fsp3) is 0.273. The van der Waals surface area contributed by atoms with Crippen molar-refractivity contribution in [3.05, 3.63) is 29.0 Å². The summed E-state index contributed by atoms with van der Waals surface area (Å²) < 4.78 is 12.8. The van der Waals surface area contributed by atoms with E-state index in [-0.39, 0.29) is 23.3 Å². The van der Waals surface area contributed by atoms with E-state index in [0.717, 1.165) is 6.07 Å². The van der Waals surface area contributed by atoms with E-state index >= 15 is 0 Å². The largest absolute Gasteiger partial charge is 0.355 e. The van der Waals surface area contributed by atoms with Gasteiger partial charge in [-0.1, -0.05) is 11.6 Å². The predicted molar refractivity (Wildman–Crippen MR) is 61.2 cm³/mol. The molecule has 6 heteroatoms. The van der Waals surface area contributed by atoms with E-state index in [9.17, 15) is 14.0 Å². The van der Waals surface area contributed by atoms with Crippen molar-refractivity contribution < 1.29 is 14.0 Å². The Morgan fingerprint density at radius 3 is 2.88 bits per heavy atom. The van der Waals surface area contributed by atoms with Gasteiger partial charge in [0.25, 0.3) is 0 Å². The quantitative estimate of drug-likeness (QED) is 0.844. The molecule has 1 aromatic rings. The Hall–Kier alpha value is -1.62. The van der Waals surface area contributed by atoms with Gasteiger partial charge in [0.15, 0.2) is 0 Å². The van der Waals surface area contributed by atoms with Gasteiger partial charge in [0.1, 0.15) is 5.82 Å². The lowest BCUT2D eigenvalue weighted by Gasteiger charge is -2.10. The molecule has 4 nitrogen and oxygen atoms in total. The molecule has 2 amide bonds. The van der Waals surface area contributed by atoms with Gasteiger partial charge in [-0.15, -0.1) is 0 Å². The molecule has 1 aliphatic rings. The lowest BCUT2D eigenvalue weighted by atomic mass is 10.1. The van der Waals surface area contributed by atoms with Gasteiger partial charge in [0.05, 0.1) is 16.6 Å². The van der Waals surface area contributed by atoms with Crippen LogP contribution in [0.25, 0.3) is 0 Å². The minimum Gasteiger partial charge on any atom is -0.355 e. The molecule has 0 spiro atoms. The summed E-state index contributed by atoms with van der Waals surface area (Å²) in [6.07, 6.45) is 0.171. The van der Waals surface area contributed by atoms with Gasteiger partial charge in [-0.05, 0) is 18.2 Å². The number of carbonyl (C=O) groups excluding carboxylic acids is 2. The van der Waals surface area contributed by atoms with E-state index in [2.05, 4.69) is 10.6 Å². The smallest absolute Gasteiger partial charge is 0.229 e. The fourth-order valence-corrected chi connectivity index (χ4v) is 1.83. The third kappa shape index (κ3) is 2.74. The fourth-order valence-electron chi connectivity index (χ4n) is 1.62. The van der Waals surface area contributed by atoms with Crippen LogP contribution in [0.3, 0.4) is 0 Å². The molecule has 0 bridgehead atoms. The summed E-state index contributed by atoms with van der Waals surface area (Å²) in [6, 6.07) is 3.72. The van der Waals surface area contributed by atoms with E-state index in [1.165, 1.54) is 12.1 Å². The van der Waals surface area contributed by atoms with Gasteiger partial charge < -0.3 is 10.6 Å². The molecular weight excluding hydrogens is 247 g/mol. The summed E-state index contributed by atoms with van der Waals surface area (Å²) in [5.74, 6) is -1.30. The minimum absolute atomic E-state index is 0.135. The Bertz CT molecular complexity index is 479. The van der Waals surface area contributed by atoms with Gasteiger partial charge in [-0.2, -0.15) is 0 Å². The first-order valence-electron chi connectivity index (χ1n) is 5.09. The third-order valence-corrected chi connectivity index (χ3v) is 2.85. The third-order valence-electron chi connectivity index (χ3n) is 2.54. The molecule has 1 saturated heterocycles. The highest BCUT2D eigenvalue weighted by molar-refractivity contribution is 6.33. The van der Waals surface area contributed by atoms with Gasteiger partial charge in [0.2, 0.25) is 11.8 Å². The lowest BCUT2D eigenvalue weighted by Crippen LogP contribution is -2.24. The van der Waals surface area contributed by atoms with Crippen LogP contribution in [0.5, 0.6) is 0 Å². The van der Waals surface area contributed by atoms with Crippen molar-refractivity contribution in [3.63, 3.8) is 0 Å². The molecule has 0 saturated carbocycles. The number of hydrogen-bond acceptors (Lipinski definition) is 2. The molecule has 1 fully saturated rings. The SMILES string of the molecule is O=C1CC(C(=O)Nc2ccc(F)cc2Cl)CN1. The summed E-state index contributed by atoms with van der Waals surface area (Å²) in [5, 5.41) is 5.27. The Morgan fingerprint density at radius 2 is 2.29 bits per heavy atom. The zero-order chi connectivity index (χ0) is 12.4. The van der Waals surface area contributed by atoms with E-state index < -0.39 is 11.7 Å². The van der Waals surface area contributed by atoms with Crippen LogP contribution in [0.4, 0.5) is 10.1 Å². The van der Waals surface area contributed by atoms with Crippen molar-refractivity contribution in [3.8, 4) is 0 Å². The summed E-state index contributed by atoms with van der Waals surface area (Å²) >= 11 is 5.77. The van der Waals surface area contributed by atoms with E-state index in [1.54, 1.807) is 0 Å². The van der Waals surface area contributed by atoms with Crippen LogP contribution in [0, 0.1) is 11.7 Å². The maximum atomic E-state index is 12.8. The normalized spacial score (nSPS) is 18.9. The summed E-state index contributed by atoms with van der Waals surface area (Å²) in [6.45, 7) is 0.323. The molecule has 17 heavy (non-hydrogen) atoms. The van der Waals surface area contributed by atoms with E-state index in [1.807, 2.05) is 0 Å². The van der Waals surface area contributed by atoms with Crippen molar-refractivity contribution in [2.75, 3.05) is 11.9 Å².